The van der Waals surface area contributed by atoms with Crippen LogP contribution in [0.25, 0.3) is 0 Å². The van der Waals surface area contributed by atoms with E-state index in [4.69, 9.17) is 0 Å². The molecule has 1 saturated heterocycles. The molecule has 3 heterocycles. The first-order chi connectivity index (χ1) is 15.5. The number of thiophene rings is 1. The second kappa shape index (κ2) is 8.99. The van der Waals surface area contributed by atoms with Gasteiger partial charge in [-0.3, -0.25) is 4.79 Å². The smallest absolute Gasteiger partial charge is 0.237 e. The number of aromatic nitrogens is 3. The van der Waals surface area contributed by atoms with Crippen LogP contribution in [0.3, 0.4) is 0 Å². The molecule has 1 aliphatic carbocycles. The van der Waals surface area contributed by atoms with Crippen molar-refractivity contribution in [3.05, 3.63) is 58.5 Å². The van der Waals surface area contributed by atoms with Crippen LogP contribution in [-0.4, -0.2) is 52.4 Å². The molecule has 5 rings (SSSR count). The van der Waals surface area contributed by atoms with Crippen LogP contribution < -0.4 is 4.90 Å². The number of carbonyl (C=O) groups excluding carboxylic acids is 1. The molecule has 0 unspecified atom stereocenters. The molecule has 0 radical (unpaired) electrons. The zero-order valence-electron chi connectivity index (χ0n) is 17.5. The summed E-state index contributed by atoms with van der Waals surface area (Å²) in [5.74, 6) is 1.17. The zero-order valence-corrected chi connectivity index (χ0v) is 19.9. The first-order valence-electron chi connectivity index (χ1n) is 10.7. The Morgan fingerprint density at radius 2 is 1.94 bits per heavy atom. The van der Waals surface area contributed by atoms with E-state index in [9.17, 15) is 13.2 Å². The van der Waals surface area contributed by atoms with Crippen molar-refractivity contribution >= 4 is 44.5 Å². The molecule has 7 nitrogen and oxygen atoms in total. The fourth-order valence-corrected chi connectivity index (χ4v) is 7.40. The lowest BCUT2D eigenvalue weighted by Crippen LogP contribution is -2.42. The predicted octanol–water partition coefficient (Wildman–Crippen LogP) is 3.58. The van der Waals surface area contributed by atoms with Crippen molar-refractivity contribution < 1.29 is 13.2 Å². The molecule has 0 spiro atoms. The fourth-order valence-electron chi connectivity index (χ4n) is 4.12. The van der Waals surface area contributed by atoms with Gasteiger partial charge in [0.2, 0.25) is 5.91 Å². The van der Waals surface area contributed by atoms with Crippen molar-refractivity contribution in [1.82, 2.24) is 14.8 Å². The van der Waals surface area contributed by atoms with Crippen LogP contribution >= 0.6 is 23.1 Å². The van der Waals surface area contributed by atoms with Crippen LogP contribution in [0.5, 0.6) is 0 Å². The minimum absolute atomic E-state index is 0.0154. The molecule has 1 aromatic carbocycles. The number of amides is 1. The van der Waals surface area contributed by atoms with Crippen molar-refractivity contribution in [3.63, 3.8) is 0 Å². The van der Waals surface area contributed by atoms with Gasteiger partial charge in [-0.15, -0.1) is 21.5 Å². The number of hydrogen-bond donors (Lipinski definition) is 0. The van der Waals surface area contributed by atoms with E-state index in [1.54, 1.807) is 16.2 Å². The number of rotatable bonds is 8. The lowest BCUT2D eigenvalue weighted by atomic mass is 10.2. The Hall–Kier alpha value is -2.17. The van der Waals surface area contributed by atoms with Crippen LogP contribution in [0.2, 0.25) is 0 Å². The number of para-hydroxylation sites is 1. The standard InChI is InChI=1S/C22H24N4O3S3/c27-21(25(16-5-2-1-3-6-16)18-10-12-32(28,29)15-18)14-31-22-24-23-20(26(22)17-8-9-17)13-19-7-4-11-30-19/h1-7,11,17-18H,8-10,12-15H2/t18-/m0/s1. The lowest BCUT2D eigenvalue weighted by Gasteiger charge is -2.28. The topological polar surface area (TPSA) is 85.2 Å². The third-order valence-corrected chi connectivity index (χ3v) is 9.32. The Bertz CT molecular complexity index is 1190. The van der Waals surface area contributed by atoms with Gasteiger partial charge in [-0.2, -0.15) is 0 Å². The number of benzene rings is 1. The van der Waals surface area contributed by atoms with Crippen molar-refractivity contribution in [2.45, 2.75) is 42.9 Å². The summed E-state index contributed by atoms with van der Waals surface area (Å²) in [4.78, 5) is 16.2. The fraction of sp³-hybridized carbons (Fsp3) is 0.409. The average Bonchev–Trinajstić information content (AvgIpc) is 3.16. The highest BCUT2D eigenvalue weighted by Crippen LogP contribution is 2.39. The summed E-state index contributed by atoms with van der Waals surface area (Å²) in [6.45, 7) is 0. The zero-order chi connectivity index (χ0) is 22.1. The Balaban J connectivity index is 1.34. The Kier molecular flexibility index (Phi) is 6.09. The molecule has 0 N–H and O–H groups in total. The first-order valence-corrected chi connectivity index (χ1v) is 14.4. The number of anilines is 1. The van der Waals surface area contributed by atoms with Crippen molar-refractivity contribution in [1.29, 1.82) is 0 Å². The van der Waals surface area contributed by atoms with Gasteiger partial charge in [0, 0.05) is 23.0 Å². The van der Waals surface area contributed by atoms with E-state index in [0.717, 1.165) is 35.9 Å². The van der Waals surface area contributed by atoms with Gasteiger partial charge in [0.15, 0.2) is 15.0 Å². The second-order valence-corrected chi connectivity index (χ2v) is 12.4. The lowest BCUT2D eigenvalue weighted by molar-refractivity contribution is -0.116. The molecule has 168 valence electrons. The normalized spacial score (nSPS) is 19.8. The van der Waals surface area contributed by atoms with Crippen molar-refractivity contribution in [3.8, 4) is 0 Å². The molecule has 2 aliphatic rings. The largest absolute Gasteiger partial charge is 0.308 e. The van der Waals surface area contributed by atoms with E-state index in [-0.39, 0.29) is 29.2 Å². The number of thioether (sulfide) groups is 1. The van der Waals surface area contributed by atoms with Gasteiger partial charge < -0.3 is 9.47 Å². The Labute approximate surface area is 195 Å². The monoisotopic (exact) mass is 488 g/mol. The maximum Gasteiger partial charge on any atom is 0.237 e. The summed E-state index contributed by atoms with van der Waals surface area (Å²) in [6.07, 6.45) is 3.42. The molecule has 1 amide bonds. The molecule has 2 aromatic heterocycles. The minimum Gasteiger partial charge on any atom is -0.308 e. The van der Waals surface area contributed by atoms with Crippen molar-refractivity contribution in [2.75, 3.05) is 22.2 Å². The highest BCUT2D eigenvalue weighted by Gasteiger charge is 2.36. The van der Waals surface area contributed by atoms with Crippen LogP contribution in [0.15, 0.2) is 53.0 Å². The van der Waals surface area contributed by atoms with E-state index in [2.05, 4.69) is 26.2 Å². The van der Waals surface area contributed by atoms with E-state index in [0.29, 0.717) is 12.5 Å². The van der Waals surface area contributed by atoms with Crippen LogP contribution in [0.1, 0.15) is 36.0 Å². The van der Waals surface area contributed by atoms with E-state index in [1.807, 2.05) is 36.4 Å². The van der Waals surface area contributed by atoms with Crippen LogP contribution in [0.4, 0.5) is 5.69 Å². The molecule has 0 bridgehead atoms. The third kappa shape index (κ3) is 4.77. The summed E-state index contributed by atoms with van der Waals surface area (Å²) in [6, 6.07) is 13.6. The summed E-state index contributed by atoms with van der Waals surface area (Å²) in [5.41, 5.74) is 0.738. The molecule has 1 aliphatic heterocycles. The first kappa shape index (κ1) is 21.7. The Morgan fingerprint density at radius 3 is 2.59 bits per heavy atom. The highest BCUT2D eigenvalue weighted by molar-refractivity contribution is 7.99. The summed E-state index contributed by atoms with van der Waals surface area (Å²) in [7, 11) is -3.11. The van der Waals surface area contributed by atoms with Gasteiger partial charge in [-0.25, -0.2) is 8.42 Å². The third-order valence-electron chi connectivity index (χ3n) is 5.76. The highest BCUT2D eigenvalue weighted by atomic mass is 32.2. The predicted molar refractivity (Wildman–Crippen MR) is 127 cm³/mol. The minimum atomic E-state index is -3.11. The van der Waals surface area contributed by atoms with Gasteiger partial charge in [-0.1, -0.05) is 36.0 Å². The van der Waals surface area contributed by atoms with Crippen molar-refractivity contribution in [2.24, 2.45) is 0 Å². The maximum absolute atomic E-state index is 13.3. The van der Waals surface area contributed by atoms with Gasteiger partial charge in [0.1, 0.15) is 5.82 Å². The number of hydrogen-bond acceptors (Lipinski definition) is 7. The molecular weight excluding hydrogens is 464 g/mol. The molecule has 3 aromatic rings. The van der Waals surface area contributed by atoms with Crippen LogP contribution in [0, 0.1) is 0 Å². The van der Waals surface area contributed by atoms with Gasteiger partial charge in [0.25, 0.3) is 0 Å². The molecular formula is C22H24N4O3S3. The van der Waals surface area contributed by atoms with Gasteiger partial charge in [-0.05, 0) is 42.8 Å². The Morgan fingerprint density at radius 1 is 1.12 bits per heavy atom. The SMILES string of the molecule is O=C(CSc1nnc(Cc2cccs2)n1C1CC1)N(c1ccccc1)[C@H]1CCS(=O)(=O)C1. The van der Waals surface area contributed by atoms with E-state index < -0.39 is 9.84 Å². The molecule has 2 fully saturated rings. The van der Waals surface area contributed by atoms with Crippen LogP contribution in [-0.2, 0) is 21.1 Å². The quantitative estimate of drug-likeness (QED) is 0.451. The average molecular weight is 489 g/mol. The summed E-state index contributed by atoms with van der Waals surface area (Å²) < 4.78 is 26.3. The molecule has 1 atom stereocenters. The maximum atomic E-state index is 13.3. The number of sulfone groups is 1. The van der Waals surface area contributed by atoms with Gasteiger partial charge in [0.05, 0.1) is 23.3 Å². The van der Waals surface area contributed by atoms with E-state index in [1.165, 1.54) is 16.6 Å². The van der Waals surface area contributed by atoms with E-state index >= 15 is 0 Å². The summed E-state index contributed by atoms with van der Waals surface area (Å²) >= 11 is 3.09. The number of carbonyl (C=O) groups is 1. The summed E-state index contributed by atoms with van der Waals surface area (Å²) in [5, 5.41) is 11.6. The molecule has 32 heavy (non-hydrogen) atoms. The van der Waals surface area contributed by atoms with Gasteiger partial charge >= 0.3 is 0 Å². The number of nitrogens with zero attached hydrogens (tertiary/aromatic N) is 4. The molecule has 10 heteroatoms. The second-order valence-electron chi connectivity index (χ2n) is 8.20. The molecule has 1 saturated carbocycles.